The summed E-state index contributed by atoms with van der Waals surface area (Å²) >= 11 is 6.02. The Kier molecular flexibility index (Phi) is 9.60. The van der Waals surface area contributed by atoms with Gasteiger partial charge in [-0.2, -0.15) is 5.26 Å². The maximum absolute atomic E-state index is 14.3. The average molecular weight is 512 g/mol. The van der Waals surface area contributed by atoms with Crippen LogP contribution in [0.1, 0.15) is 48.2 Å². The Balaban J connectivity index is 1.82. The van der Waals surface area contributed by atoms with Crippen molar-refractivity contribution in [3.05, 3.63) is 76.7 Å². The van der Waals surface area contributed by atoms with E-state index in [2.05, 4.69) is 16.4 Å². The zero-order valence-corrected chi connectivity index (χ0v) is 20.8. The fourth-order valence-corrected chi connectivity index (χ4v) is 4.07. The van der Waals surface area contributed by atoms with Crippen LogP contribution in [0.3, 0.4) is 0 Å². The lowest BCUT2D eigenvalue weighted by molar-refractivity contribution is -0.148. The third-order valence-electron chi connectivity index (χ3n) is 5.62. The van der Waals surface area contributed by atoms with Gasteiger partial charge in [0.15, 0.2) is 0 Å². The number of nitrogens with one attached hydrogen (secondary N) is 1. The molecule has 2 aromatic carbocycles. The minimum Gasteiger partial charge on any atom is -0.466 e. The average Bonchev–Trinajstić information content (AvgIpc) is 3.30. The number of ether oxygens (including phenoxy) is 1. The van der Waals surface area contributed by atoms with Crippen molar-refractivity contribution in [2.45, 2.75) is 45.6 Å². The van der Waals surface area contributed by atoms with E-state index >= 15 is 0 Å². The number of halogens is 2. The summed E-state index contributed by atoms with van der Waals surface area (Å²) in [6, 6.07) is 13.2. The van der Waals surface area contributed by atoms with Gasteiger partial charge in [-0.25, -0.2) is 9.37 Å². The van der Waals surface area contributed by atoms with Gasteiger partial charge in [0.05, 0.1) is 24.8 Å². The molecule has 1 amide bonds. The summed E-state index contributed by atoms with van der Waals surface area (Å²) in [7, 11) is 0. The van der Waals surface area contributed by atoms with Crippen molar-refractivity contribution in [1.82, 2.24) is 10.3 Å². The highest BCUT2D eigenvalue weighted by Gasteiger charge is 2.27. The van der Waals surface area contributed by atoms with Gasteiger partial charge in [-0.1, -0.05) is 35.9 Å². The first-order chi connectivity index (χ1) is 17.3. The molecule has 0 bridgehead atoms. The maximum atomic E-state index is 14.3. The molecule has 3 rings (SSSR count). The molecule has 9 heteroatoms. The number of nitriles is 1. The largest absolute Gasteiger partial charge is 0.466 e. The Labute approximate surface area is 214 Å². The van der Waals surface area contributed by atoms with E-state index in [0.29, 0.717) is 34.8 Å². The van der Waals surface area contributed by atoms with E-state index in [0.717, 1.165) is 5.56 Å². The first-order valence-electron chi connectivity index (χ1n) is 11.6. The van der Waals surface area contributed by atoms with Crippen LogP contribution < -0.4 is 5.32 Å². The van der Waals surface area contributed by atoms with Gasteiger partial charge in [-0.05, 0) is 62.4 Å². The van der Waals surface area contributed by atoms with Gasteiger partial charge >= 0.3 is 11.9 Å². The molecule has 1 aromatic heterocycles. The van der Waals surface area contributed by atoms with Gasteiger partial charge in [-0.3, -0.25) is 9.59 Å². The van der Waals surface area contributed by atoms with Crippen LogP contribution in [0.25, 0.3) is 11.1 Å². The molecule has 0 spiro atoms. The van der Waals surface area contributed by atoms with E-state index < -0.39 is 23.8 Å². The van der Waals surface area contributed by atoms with E-state index in [1.807, 2.05) is 12.1 Å². The van der Waals surface area contributed by atoms with Gasteiger partial charge in [0, 0.05) is 23.0 Å². The van der Waals surface area contributed by atoms with Gasteiger partial charge < -0.3 is 14.5 Å². The molecular formula is C27H27ClFN3O4. The maximum Gasteiger partial charge on any atom is 0.309 e. The predicted molar refractivity (Wildman–Crippen MR) is 133 cm³/mol. The first-order valence-corrected chi connectivity index (χ1v) is 12.0. The molecule has 1 N–H and O–H groups in total. The van der Waals surface area contributed by atoms with Crippen molar-refractivity contribution >= 4 is 23.5 Å². The Morgan fingerprint density at radius 1 is 1.25 bits per heavy atom. The van der Waals surface area contributed by atoms with E-state index in [9.17, 15) is 14.0 Å². The number of aryl methyl sites for hydroxylation is 1. The van der Waals surface area contributed by atoms with Gasteiger partial charge in [0.1, 0.15) is 11.6 Å². The number of nitrogens with zero attached hydrogens (tertiary/aromatic N) is 2. The molecule has 2 atom stereocenters. The smallest absolute Gasteiger partial charge is 0.309 e. The highest BCUT2D eigenvalue weighted by molar-refractivity contribution is 6.30. The van der Waals surface area contributed by atoms with Gasteiger partial charge in [0.25, 0.3) is 5.89 Å². The minimum atomic E-state index is -0.568. The van der Waals surface area contributed by atoms with Crippen LogP contribution in [0.2, 0.25) is 5.02 Å². The van der Waals surface area contributed by atoms with Crippen molar-refractivity contribution in [3.8, 4) is 17.2 Å². The quantitative estimate of drug-likeness (QED) is 0.333. The molecule has 0 saturated heterocycles. The molecule has 1 heterocycles. The molecule has 188 valence electrons. The fraction of sp³-hybridized carbons (Fsp3) is 0.333. The van der Waals surface area contributed by atoms with Crippen LogP contribution in [0.4, 0.5) is 4.39 Å². The summed E-state index contributed by atoms with van der Waals surface area (Å²) < 4.78 is 24.8. The number of carbonyl (C=O) groups excluding carboxylic acids is 2. The number of hydrogen-bond donors (Lipinski definition) is 1. The summed E-state index contributed by atoms with van der Waals surface area (Å²) in [4.78, 5) is 29.3. The second-order valence-corrected chi connectivity index (χ2v) is 8.79. The van der Waals surface area contributed by atoms with E-state index in [-0.39, 0.29) is 31.2 Å². The number of oxazole rings is 1. The van der Waals surface area contributed by atoms with Crippen LogP contribution >= 0.6 is 11.6 Å². The fourth-order valence-electron chi connectivity index (χ4n) is 3.90. The predicted octanol–water partition coefficient (Wildman–Crippen LogP) is 5.66. The van der Waals surface area contributed by atoms with E-state index in [1.165, 1.54) is 18.3 Å². The molecule has 36 heavy (non-hydrogen) atoms. The lowest BCUT2D eigenvalue weighted by atomic mass is 9.91. The second kappa shape index (κ2) is 12.8. The molecule has 0 unspecified atom stereocenters. The van der Waals surface area contributed by atoms with Crippen molar-refractivity contribution in [1.29, 1.82) is 5.26 Å². The Morgan fingerprint density at radius 2 is 2.00 bits per heavy atom. The van der Waals surface area contributed by atoms with Crippen molar-refractivity contribution in [3.63, 3.8) is 0 Å². The van der Waals surface area contributed by atoms with Crippen LogP contribution in [0.15, 0.2) is 53.1 Å². The van der Waals surface area contributed by atoms with Gasteiger partial charge in [0.2, 0.25) is 0 Å². The van der Waals surface area contributed by atoms with Crippen molar-refractivity contribution < 1.29 is 23.1 Å². The molecule has 3 aromatic rings. The normalized spacial score (nSPS) is 12.4. The molecule has 7 nitrogen and oxygen atoms in total. The molecule has 0 aliphatic heterocycles. The van der Waals surface area contributed by atoms with Gasteiger partial charge in [-0.15, -0.1) is 0 Å². The van der Waals surface area contributed by atoms with Crippen LogP contribution in [0.5, 0.6) is 0 Å². The van der Waals surface area contributed by atoms with E-state index in [4.69, 9.17) is 26.0 Å². The summed E-state index contributed by atoms with van der Waals surface area (Å²) in [6.07, 6.45) is 2.59. The third kappa shape index (κ3) is 7.40. The summed E-state index contributed by atoms with van der Waals surface area (Å²) in [5.41, 5.74) is 1.91. The van der Waals surface area contributed by atoms with Crippen molar-refractivity contribution in [2.75, 3.05) is 6.61 Å². The van der Waals surface area contributed by atoms with Crippen LogP contribution in [-0.4, -0.2) is 29.5 Å². The zero-order chi connectivity index (χ0) is 26.1. The SMILES string of the molecule is CCOC(=O)[C@H](CCC#N)C[C@@H](Cc1ccc(-c2cc(Cl)ccc2F)cc1)NC(=O)c1ncc(C)o1. The molecule has 0 fully saturated rings. The first kappa shape index (κ1) is 26.9. The van der Waals surface area contributed by atoms with E-state index in [1.54, 1.807) is 32.0 Å². The molecule has 0 radical (unpaired) electrons. The summed E-state index contributed by atoms with van der Waals surface area (Å²) in [6.45, 7) is 3.62. The number of esters is 1. The lowest BCUT2D eigenvalue weighted by Crippen LogP contribution is -2.39. The molecule has 0 aliphatic carbocycles. The molecule has 0 saturated carbocycles. The number of benzene rings is 2. The standard InChI is InChI=1S/C27H27ClFN3O4/c1-3-35-27(34)20(5-4-12-30)14-22(32-25(33)26-31-16-17(2)36-26)13-18-6-8-19(9-7-18)23-15-21(28)10-11-24(23)29/h6-11,15-16,20,22H,3-5,13-14H2,1-2H3,(H,32,33)/t20-,22-/m1/s1. The zero-order valence-electron chi connectivity index (χ0n) is 20.1. The topological polar surface area (TPSA) is 105 Å². The number of amides is 1. The van der Waals surface area contributed by atoms with Crippen molar-refractivity contribution in [2.24, 2.45) is 5.92 Å². The monoisotopic (exact) mass is 511 g/mol. The summed E-state index contributed by atoms with van der Waals surface area (Å²) in [5, 5.41) is 12.4. The Bertz CT molecular complexity index is 1240. The third-order valence-corrected chi connectivity index (χ3v) is 5.85. The highest BCUT2D eigenvalue weighted by Crippen LogP contribution is 2.27. The molecular weight excluding hydrogens is 485 g/mol. The Morgan fingerprint density at radius 3 is 2.64 bits per heavy atom. The number of rotatable bonds is 11. The highest BCUT2D eigenvalue weighted by atomic mass is 35.5. The molecule has 0 aliphatic rings. The van der Waals surface area contributed by atoms with Crippen LogP contribution in [-0.2, 0) is 16.0 Å². The second-order valence-electron chi connectivity index (χ2n) is 8.35. The number of carbonyl (C=O) groups is 2. The number of hydrogen-bond acceptors (Lipinski definition) is 6. The van der Waals surface area contributed by atoms with Crippen LogP contribution in [0, 0.1) is 30.0 Å². The Hall–Kier alpha value is -3.70. The lowest BCUT2D eigenvalue weighted by Gasteiger charge is -2.23. The summed E-state index contributed by atoms with van der Waals surface area (Å²) in [5.74, 6) is -1.44. The number of aromatic nitrogens is 1. The minimum absolute atomic E-state index is 0.0750.